The number of hydrogen-bond acceptors (Lipinski definition) is 3. The van der Waals surface area contributed by atoms with Crippen LogP contribution in [0.3, 0.4) is 0 Å². The highest BCUT2D eigenvalue weighted by molar-refractivity contribution is 7.89. The summed E-state index contributed by atoms with van der Waals surface area (Å²) in [7, 11) is -3.66. The average molecular weight is 368 g/mol. The van der Waals surface area contributed by atoms with Crippen LogP contribution >= 0.6 is 0 Å². The van der Waals surface area contributed by atoms with Gasteiger partial charge in [-0.1, -0.05) is 11.6 Å². The quantitative estimate of drug-likeness (QED) is 0.520. The molecule has 0 bridgehead atoms. The SMILES string of the molecule is O=C(CCCNS(=O)(=O)c1ccc(F)cc1)NCCC1=CCCCC1. The maximum Gasteiger partial charge on any atom is 0.240 e. The minimum atomic E-state index is -3.66. The van der Waals surface area contributed by atoms with Crippen molar-refractivity contribution < 1.29 is 17.6 Å². The molecule has 2 N–H and O–H groups in total. The predicted octanol–water partition coefficient (Wildman–Crippen LogP) is 2.89. The molecule has 1 aromatic carbocycles. The van der Waals surface area contributed by atoms with Gasteiger partial charge in [0.15, 0.2) is 0 Å². The van der Waals surface area contributed by atoms with Crippen molar-refractivity contribution in [1.29, 1.82) is 0 Å². The highest BCUT2D eigenvalue weighted by atomic mass is 32.2. The zero-order valence-corrected chi connectivity index (χ0v) is 15.1. The molecule has 5 nitrogen and oxygen atoms in total. The zero-order chi connectivity index (χ0) is 18.1. The maximum atomic E-state index is 12.8. The summed E-state index contributed by atoms with van der Waals surface area (Å²) in [6, 6.07) is 4.63. The molecule has 0 spiro atoms. The fourth-order valence-electron chi connectivity index (χ4n) is 2.74. The lowest BCUT2D eigenvalue weighted by atomic mass is 9.97. The summed E-state index contributed by atoms with van der Waals surface area (Å²) < 4.78 is 39.2. The van der Waals surface area contributed by atoms with Crippen LogP contribution < -0.4 is 10.0 Å². The molecule has 1 amide bonds. The molecule has 1 aliphatic rings. The van der Waals surface area contributed by atoms with Crippen molar-refractivity contribution in [3.05, 3.63) is 41.7 Å². The van der Waals surface area contributed by atoms with Crippen LogP contribution in [0.2, 0.25) is 0 Å². The van der Waals surface area contributed by atoms with E-state index >= 15 is 0 Å². The molecule has 138 valence electrons. The number of sulfonamides is 1. The predicted molar refractivity (Wildman–Crippen MR) is 95.0 cm³/mol. The Balaban J connectivity index is 1.62. The van der Waals surface area contributed by atoms with Crippen molar-refractivity contribution >= 4 is 15.9 Å². The molecule has 0 aliphatic heterocycles. The van der Waals surface area contributed by atoms with Gasteiger partial charge >= 0.3 is 0 Å². The third-order valence-electron chi connectivity index (χ3n) is 4.15. The highest BCUT2D eigenvalue weighted by Crippen LogP contribution is 2.19. The Labute approximate surface area is 148 Å². The number of hydrogen-bond donors (Lipinski definition) is 2. The first kappa shape index (κ1) is 19.6. The number of allylic oxidation sites excluding steroid dienone is 1. The monoisotopic (exact) mass is 368 g/mol. The van der Waals surface area contributed by atoms with Crippen molar-refractivity contribution in [2.45, 2.75) is 49.8 Å². The molecule has 0 heterocycles. The van der Waals surface area contributed by atoms with Crippen LogP contribution in [0.4, 0.5) is 4.39 Å². The van der Waals surface area contributed by atoms with Gasteiger partial charge in [-0.05, 0) is 62.8 Å². The van der Waals surface area contributed by atoms with Gasteiger partial charge in [-0.25, -0.2) is 17.5 Å². The summed E-state index contributed by atoms with van der Waals surface area (Å²) in [5.74, 6) is -0.558. The minimum Gasteiger partial charge on any atom is -0.356 e. The fourth-order valence-corrected chi connectivity index (χ4v) is 3.81. The van der Waals surface area contributed by atoms with Gasteiger partial charge in [0.1, 0.15) is 5.82 Å². The van der Waals surface area contributed by atoms with Crippen molar-refractivity contribution in [1.82, 2.24) is 10.0 Å². The summed E-state index contributed by atoms with van der Waals surface area (Å²) in [5.41, 5.74) is 1.42. The Morgan fingerprint density at radius 3 is 2.56 bits per heavy atom. The lowest BCUT2D eigenvalue weighted by Gasteiger charge is -2.13. The van der Waals surface area contributed by atoms with Crippen LogP contribution in [0.25, 0.3) is 0 Å². The molecule has 0 saturated heterocycles. The number of halogens is 1. The zero-order valence-electron chi connectivity index (χ0n) is 14.3. The van der Waals surface area contributed by atoms with Gasteiger partial charge in [0.25, 0.3) is 0 Å². The summed E-state index contributed by atoms with van der Waals surface area (Å²) in [6.45, 7) is 0.796. The Kier molecular flexibility index (Phi) is 7.58. The lowest BCUT2D eigenvalue weighted by Crippen LogP contribution is -2.28. The number of rotatable bonds is 9. The molecule has 0 radical (unpaired) electrons. The van der Waals surface area contributed by atoms with Gasteiger partial charge in [0.05, 0.1) is 4.90 Å². The van der Waals surface area contributed by atoms with Crippen LogP contribution in [-0.2, 0) is 14.8 Å². The van der Waals surface area contributed by atoms with Gasteiger partial charge in [0.2, 0.25) is 15.9 Å². The van der Waals surface area contributed by atoms with Crippen molar-refractivity contribution in [2.75, 3.05) is 13.1 Å². The van der Waals surface area contributed by atoms with Gasteiger partial charge in [0, 0.05) is 19.5 Å². The number of carbonyl (C=O) groups excluding carboxylic acids is 1. The van der Waals surface area contributed by atoms with E-state index < -0.39 is 15.8 Å². The number of carbonyl (C=O) groups is 1. The second-order valence-corrected chi connectivity index (χ2v) is 7.93. The number of nitrogens with one attached hydrogen (secondary N) is 2. The molecule has 7 heteroatoms. The molecular weight excluding hydrogens is 343 g/mol. The second-order valence-electron chi connectivity index (χ2n) is 6.16. The van der Waals surface area contributed by atoms with Gasteiger partial charge in [-0.2, -0.15) is 0 Å². The van der Waals surface area contributed by atoms with E-state index in [2.05, 4.69) is 16.1 Å². The van der Waals surface area contributed by atoms with E-state index in [0.29, 0.717) is 13.0 Å². The van der Waals surface area contributed by atoms with E-state index in [1.165, 1.54) is 30.5 Å². The standard InChI is InChI=1S/C18H25FN2O3S/c19-16-8-10-17(11-9-16)25(23,24)21-13-4-7-18(22)20-14-12-15-5-2-1-3-6-15/h5,8-11,21H,1-4,6-7,12-14H2,(H,20,22). The molecule has 0 fully saturated rings. The Hall–Kier alpha value is -1.73. The van der Waals surface area contributed by atoms with Crippen LogP contribution in [-0.4, -0.2) is 27.4 Å². The van der Waals surface area contributed by atoms with E-state index in [1.807, 2.05) is 0 Å². The van der Waals surface area contributed by atoms with E-state index in [4.69, 9.17) is 0 Å². The van der Waals surface area contributed by atoms with Gasteiger partial charge in [-0.3, -0.25) is 4.79 Å². The summed E-state index contributed by atoms with van der Waals surface area (Å²) in [6.07, 6.45) is 8.58. The largest absolute Gasteiger partial charge is 0.356 e. The molecule has 0 aromatic heterocycles. The molecular formula is C18H25FN2O3S. The number of amides is 1. The van der Waals surface area contributed by atoms with Crippen molar-refractivity contribution in [3.63, 3.8) is 0 Å². The summed E-state index contributed by atoms with van der Waals surface area (Å²) in [4.78, 5) is 11.8. The van der Waals surface area contributed by atoms with Crippen LogP contribution in [0, 0.1) is 5.82 Å². The summed E-state index contributed by atoms with van der Waals surface area (Å²) >= 11 is 0. The third-order valence-corrected chi connectivity index (χ3v) is 5.63. The van der Waals surface area contributed by atoms with E-state index in [0.717, 1.165) is 31.4 Å². The molecule has 1 aliphatic carbocycles. The first-order chi connectivity index (χ1) is 12.0. The molecule has 0 unspecified atom stereocenters. The third kappa shape index (κ3) is 6.96. The Bertz CT molecular complexity index is 700. The molecule has 0 saturated carbocycles. The first-order valence-electron chi connectivity index (χ1n) is 8.67. The second kappa shape index (κ2) is 9.68. The van der Waals surface area contributed by atoms with Gasteiger partial charge < -0.3 is 5.32 Å². The Morgan fingerprint density at radius 2 is 1.88 bits per heavy atom. The van der Waals surface area contributed by atoms with Crippen LogP contribution in [0.15, 0.2) is 40.8 Å². The van der Waals surface area contributed by atoms with E-state index in [1.54, 1.807) is 0 Å². The topological polar surface area (TPSA) is 75.3 Å². The van der Waals surface area contributed by atoms with Crippen LogP contribution in [0.5, 0.6) is 0 Å². The van der Waals surface area contributed by atoms with E-state index in [9.17, 15) is 17.6 Å². The van der Waals surface area contributed by atoms with Crippen LogP contribution in [0.1, 0.15) is 44.9 Å². The van der Waals surface area contributed by atoms with E-state index in [-0.39, 0.29) is 23.8 Å². The fraction of sp³-hybridized carbons (Fsp3) is 0.500. The van der Waals surface area contributed by atoms with Crippen molar-refractivity contribution in [2.24, 2.45) is 0 Å². The van der Waals surface area contributed by atoms with Crippen molar-refractivity contribution in [3.8, 4) is 0 Å². The Morgan fingerprint density at radius 1 is 1.12 bits per heavy atom. The normalized spacial score (nSPS) is 14.8. The highest BCUT2D eigenvalue weighted by Gasteiger charge is 2.13. The average Bonchev–Trinajstić information content (AvgIpc) is 2.60. The molecule has 0 atom stereocenters. The maximum absolute atomic E-state index is 12.8. The molecule has 1 aromatic rings. The lowest BCUT2D eigenvalue weighted by molar-refractivity contribution is -0.121. The molecule has 25 heavy (non-hydrogen) atoms. The first-order valence-corrected chi connectivity index (χ1v) is 10.2. The number of benzene rings is 1. The smallest absolute Gasteiger partial charge is 0.240 e. The minimum absolute atomic E-state index is 0.0131. The molecule has 2 rings (SSSR count). The van der Waals surface area contributed by atoms with Gasteiger partial charge in [-0.15, -0.1) is 0 Å². The summed E-state index contributed by atoms with van der Waals surface area (Å²) in [5, 5.41) is 2.87.